The molecule has 16 heavy (non-hydrogen) atoms. The van der Waals surface area contributed by atoms with Gasteiger partial charge in [-0.3, -0.25) is 0 Å². The third-order valence-corrected chi connectivity index (χ3v) is 3.05. The molecule has 0 aromatic rings. The third-order valence-electron chi connectivity index (χ3n) is 3.05. The monoisotopic (exact) mass is 229 g/mol. The van der Waals surface area contributed by atoms with E-state index in [0.717, 1.165) is 19.0 Å². The first-order valence-corrected chi connectivity index (χ1v) is 6.33. The second kappa shape index (κ2) is 9.46. The van der Waals surface area contributed by atoms with Gasteiger partial charge in [-0.1, -0.05) is 45.2 Å². The summed E-state index contributed by atoms with van der Waals surface area (Å²) in [7, 11) is 0. The largest absolute Gasteiger partial charge is 0.409 e. The number of nitrogens with one attached hydrogen (secondary N) is 1. The Balaban J connectivity index is 3.69. The van der Waals surface area contributed by atoms with Gasteiger partial charge < -0.3 is 16.3 Å². The molecule has 0 spiro atoms. The molecule has 0 rings (SSSR count). The molecule has 0 aliphatic carbocycles. The minimum absolute atomic E-state index is 0.0914. The molecule has 0 saturated carbocycles. The quantitative estimate of drug-likeness (QED) is 0.246. The van der Waals surface area contributed by atoms with Crippen molar-refractivity contribution in [3.63, 3.8) is 0 Å². The summed E-state index contributed by atoms with van der Waals surface area (Å²) in [5.74, 6) is 1.14. The first-order valence-electron chi connectivity index (χ1n) is 6.33. The van der Waals surface area contributed by atoms with Crippen LogP contribution in [0.3, 0.4) is 0 Å². The van der Waals surface area contributed by atoms with E-state index in [2.05, 4.69) is 24.3 Å². The zero-order valence-corrected chi connectivity index (χ0v) is 10.9. The molecule has 0 bridgehead atoms. The third kappa shape index (κ3) is 6.67. The van der Waals surface area contributed by atoms with Crippen molar-refractivity contribution < 1.29 is 5.21 Å². The highest BCUT2D eigenvalue weighted by Gasteiger charge is 2.09. The molecule has 0 aromatic heterocycles. The smallest absolute Gasteiger partial charge is 0.143 e. The highest BCUT2D eigenvalue weighted by atomic mass is 16.4. The molecular weight excluding hydrogens is 202 g/mol. The van der Waals surface area contributed by atoms with Crippen LogP contribution in [0.25, 0.3) is 0 Å². The van der Waals surface area contributed by atoms with Crippen molar-refractivity contribution in [1.82, 2.24) is 5.32 Å². The second-order valence-electron chi connectivity index (χ2n) is 4.50. The van der Waals surface area contributed by atoms with Crippen LogP contribution in [0, 0.1) is 11.8 Å². The van der Waals surface area contributed by atoms with E-state index in [4.69, 9.17) is 10.9 Å². The van der Waals surface area contributed by atoms with Crippen LogP contribution >= 0.6 is 0 Å². The summed E-state index contributed by atoms with van der Waals surface area (Å²) in [6, 6.07) is 0. The number of oxime groups is 1. The van der Waals surface area contributed by atoms with Crippen LogP contribution in [0.5, 0.6) is 0 Å². The lowest BCUT2D eigenvalue weighted by atomic mass is 9.99. The van der Waals surface area contributed by atoms with Crippen molar-refractivity contribution in [2.75, 3.05) is 13.1 Å². The zero-order valence-electron chi connectivity index (χ0n) is 10.9. The Hall–Kier alpha value is -0.770. The van der Waals surface area contributed by atoms with Gasteiger partial charge in [-0.2, -0.15) is 0 Å². The molecule has 0 aliphatic heterocycles. The summed E-state index contributed by atoms with van der Waals surface area (Å²) in [6.07, 6.45) is 5.07. The van der Waals surface area contributed by atoms with Crippen molar-refractivity contribution in [2.45, 2.75) is 46.5 Å². The van der Waals surface area contributed by atoms with Gasteiger partial charge in [0.05, 0.1) is 0 Å². The van der Waals surface area contributed by atoms with Crippen molar-refractivity contribution in [3.8, 4) is 0 Å². The highest BCUT2D eigenvalue weighted by molar-refractivity contribution is 5.82. The topological polar surface area (TPSA) is 70.6 Å². The van der Waals surface area contributed by atoms with E-state index < -0.39 is 0 Å². The highest BCUT2D eigenvalue weighted by Crippen LogP contribution is 2.11. The average molecular weight is 229 g/mol. The van der Waals surface area contributed by atoms with Gasteiger partial charge in [0, 0.05) is 12.5 Å². The van der Waals surface area contributed by atoms with Crippen LogP contribution in [0.4, 0.5) is 0 Å². The summed E-state index contributed by atoms with van der Waals surface area (Å²) in [4.78, 5) is 0. The molecule has 0 radical (unpaired) electrons. The lowest BCUT2D eigenvalue weighted by Gasteiger charge is -2.17. The molecular formula is C12H27N3O. The summed E-state index contributed by atoms with van der Waals surface area (Å²) in [5.41, 5.74) is 5.51. The predicted octanol–water partition coefficient (Wildman–Crippen LogP) is 2.17. The molecule has 0 amide bonds. The fourth-order valence-corrected chi connectivity index (χ4v) is 1.65. The average Bonchev–Trinajstić information content (AvgIpc) is 2.32. The van der Waals surface area contributed by atoms with Crippen molar-refractivity contribution in [1.29, 1.82) is 0 Å². The Morgan fingerprint density at radius 1 is 1.38 bits per heavy atom. The van der Waals surface area contributed by atoms with E-state index in [1.54, 1.807) is 0 Å². The molecule has 4 nitrogen and oxygen atoms in total. The van der Waals surface area contributed by atoms with E-state index in [-0.39, 0.29) is 5.92 Å². The van der Waals surface area contributed by atoms with Crippen molar-refractivity contribution >= 4 is 5.84 Å². The maximum atomic E-state index is 8.51. The van der Waals surface area contributed by atoms with Gasteiger partial charge in [-0.15, -0.1) is 0 Å². The summed E-state index contributed by atoms with van der Waals surface area (Å²) < 4.78 is 0. The van der Waals surface area contributed by atoms with Crippen LogP contribution < -0.4 is 11.1 Å². The minimum Gasteiger partial charge on any atom is -0.409 e. The number of nitrogens with two attached hydrogens (primary N) is 1. The van der Waals surface area contributed by atoms with Crippen molar-refractivity contribution in [3.05, 3.63) is 0 Å². The number of hydrogen-bond donors (Lipinski definition) is 3. The fraction of sp³-hybridized carbons (Fsp3) is 0.917. The van der Waals surface area contributed by atoms with E-state index in [9.17, 15) is 0 Å². The minimum atomic E-state index is 0.0914. The SMILES string of the molecule is CCCCC(CC)CNCC(C)C(N)=NO. The standard InChI is InChI=1S/C12H27N3O/c1-4-6-7-11(5-2)9-14-8-10(3)12(13)15-16/h10-11,14,16H,4-9H2,1-3H3,(H2,13,15). The lowest BCUT2D eigenvalue weighted by molar-refractivity contribution is 0.313. The van der Waals surface area contributed by atoms with E-state index in [0.29, 0.717) is 5.84 Å². The normalized spacial score (nSPS) is 16.1. The van der Waals surface area contributed by atoms with Gasteiger partial charge in [0.15, 0.2) is 0 Å². The Morgan fingerprint density at radius 3 is 2.56 bits per heavy atom. The van der Waals surface area contributed by atoms with E-state index in [1.165, 1.54) is 25.7 Å². The molecule has 2 unspecified atom stereocenters. The Kier molecular flexibility index (Phi) is 9.00. The Labute approximate surface area is 99.3 Å². The molecule has 0 saturated heterocycles. The first kappa shape index (κ1) is 15.2. The second-order valence-corrected chi connectivity index (χ2v) is 4.50. The number of unbranched alkanes of at least 4 members (excludes halogenated alkanes) is 1. The van der Waals surface area contributed by atoms with Crippen molar-refractivity contribution in [2.24, 2.45) is 22.7 Å². The summed E-state index contributed by atoms with van der Waals surface area (Å²) in [6.45, 7) is 8.21. The van der Waals surface area contributed by atoms with Gasteiger partial charge in [0.2, 0.25) is 0 Å². The van der Waals surface area contributed by atoms with E-state index in [1.807, 2.05) is 6.92 Å². The molecule has 0 aromatic carbocycles. The lowest BCUT2D eigenvalue weighted by Crippen LogP contribution is -2.33. The van der Waals surface area contributed by atoms with E-state index >= 15 is 0 Å². The Bertz CT molecular complexity index is 195. The zero-order chi connectivity index (χ0) is 12.4. The number of amidine groups is 1. The maximum Gasteiger partial charge on any atom is 0.143 e. The first-order chi connectivity index (χ1) is 7.65. The van der Waals surface area contributed by atoms with Gasteiger partial charge in [0.25, 0.3) is 0 Å². The van der Waals surface area contributed by atoms with Gasteiger partial charge in [-0.25, -0.2) is 0 Å². The van der Waals surface area contributed by atoms with Crippen LogP contribution in [0.15, 0.2) is 5.16 Å². The molecule has 2 atom stereocenters. The molecule has 4 heteroatoms. The van der Waals surface area contributed by atoms with Gasteiger partial charge in [0.1, 0.15) is 5.84 Å². The number of hydrogen-bond acceptors (Lipinski definition) is 3. The predicted molar refractivity (Wildman–Crippen MR) is 68.7 cm³/mol. The summed E-state index contributed by atoms with van der Waals surface area (Å²) in [5, 5.41) is 14.9. The van der Waals surface area contributed by atoms with Gasteiger partial charge in [-0.05, 0) is 18.9 Å². The fourth-order valence-electron chi connectivity index (χ4n) is 1.65. The molecule has 96 valence electrons. The molecule has 0 aliphatic rings. The maximum absolute atomic E-state index is 8.51. The number of rotatable bonds is 9. The van der Waals surface area contributed by atoms with Gasteiger partial charge >= 0.3 is 0 Å². The van der Waals surface area contributed by atoms with Crippen LogP contribution in [-0.4, -0.2) is 24.1 Å². The summed E-state index contributed by atoms with van der Waals surface area (Å²) >= 11 is 0. The molecule has 0 fully saturated rings. The molecule has 4 N–H and O–H groups in total. The van der Waals surface area contributed by atoms with Crippen LogP contribution in [0.2, 0.25) is 0 Å². The number of nitrogens with zero attached hydrogens (tertiary/aromatic N) is 1. The Morgan fingerprint density at radius 2 is 2.06 bits per heavy atom. The van der Waals surface area contributed by atoms with Crippen LogP contribution in [-0.2, 0) is 0 Å². The van der Waals surface area contributed by atoms with Crippen LogP contribution in [0.1, 0.15) is 46.5 Å². The molecule has 0 heterocycles.